The van der Waals surface area contributed by atoms with Crippen LogP contribution in [-0.4, -0.2) is 12.0 Å². The number of amides is 1. The molecule has 2 aromatic rings. The summed E-state index contributed by atoms with van der Waals surface area (Å²) in [5.41, 5.74) is 3.34. The molecule has 0 aliphatic rings. The van der Waals surface area contributed by atoms with Crippen LogP contribution in [0.2, 0.25) is 10.0 Å². The molecule has 1 amide bonds. The summed E-state index contributed by atoms with van der Waals surface area (Å²) in [6, 6.07) is 9.03. The monoisotopic (exact) mass is 351 g/mol. The molecule has 0 radical (unpaired) electrons. The highest BCUT2D eigenvalue weighted by molar-refractivity contribution is 6.32. The van der Waals surface area contributed by atoms with Gasteiger partial charge in [0.15, 0.2) is 6.10 Å². The summed E-state index contributed by atoms with van der Waals surface area (Å²) in [5, 5.41) is 4.16. The summed E-state index contributed by atoms with van der Waals surface area (Å²) in [6.07, 6.45) is -0.645. The molecule has 0 heterocycles. The Morgan fingerprint density at radius 2 is 1.74 bits per heavy atom. The largest absolute Gasteiger partial charge is 0.481 e. The maximum atomic E-state index is 12.3. The molecule has 23 heavy (non-hydrogen) atoms. The number of hydrogen-bond donors (Lipinski definition) is 1. The number of benzene rings is 2. The van der Waals surface area contributed by atoms with Gasteiger partial charge in [-0.2, -0.15) is 0 Å². The number of carbonyl (C=O) groups excluding carboxylic acids is 1. The number of halogens is 2. The molecule has 2 aromatic carbocycles. The van der Waals surface area contributed by atoms with E-state index in [2.05, 4.69) is 5.32 Å². The predicted molar refractivity (Wildman–Crippen MR) is 95.8 cm³/mol. The van der Waals surface area contributed by atoms with E-state index in [9.17, 15) is 4.79 Å². The van der Waals surface area contributed by atoms with Crippen LogP contribution in [0.3, 0.4) is 0 Å². The van der Waals surface area contributed by atoms with E-state index in [0.29, 0.717) is 21.5 Å². The summed E-state index contributed by atoms with van der Waals surface area (Å²) >= 11 is 12.2. The Balaban J connectivity index is 2.10. The van der Waals surface area contributed by atoms with Gasteiger partial charge in [0.1, 0.15) is 5.75 Å². The first-order valence-corrected chi connectivity index (χ1v) is 8.04. The maximum Gasteiger partial charge on any atom is 0.265 e. The third-order valence-electron chi connectivity index (χ3n) is 3.62. The molecule has 1 N–H and O–H groups in total. The zero-order valence-electron chi connectivity index (χ0n) is 13.5. The lowest BCUT2D eigenvalue weighted by molar-refractivity contribution is -0.122. The summed E-state index contributed by atoms with van der Waals surface area (Å²) in [4.78, 5) is 12.3. The average molecular weight is 352 g/mol. The Bertz CT molecular complexity index is 721. The molecule has 0 spiro atoms. The third-order valence-corrected chi connectivity index (χ3v) is 4.62. The fraction of sp³-hybridized carbons (Fsp3) is 0.278. The molecule has 1 atom stereocenters. The van der Waals surface area contributed by atoms with Crippen molar-refractivity contribution in [3.05, 3.63) is 57.1 Å². The van der Waals surface area contributed by atoms with E-state index < -0.39 is 6.10 Å². The van der Waals surface area contributed by atoms with Crippen LogP contribution in [0.5, 0.6) is 5.75 Å². The van der Waals surface area contributed by atoms with Gasteiger partial charge in [-0.15, -0.1) is 0 Å². The SMILES string of the molecule is Cc1cc(OC(C)C(=O)Nc2cccc(Cl)c2C)cc(C)c1Cl. The van der Waals surface area contributed by atoms with Crippen molar-refractivity contribution in [3.8, 4) is 5.75 Å². The van der Waals surface area contributed by atoms with Gasteiger partial charge in [-0.1, -0.05) is 29.3 Å². The number of nitrogens with one attached hydrogen (secondary N) is 1. The topological polar surface area (TPSA) is 38.3 Å². The third kappa shape index (κ3) is 4.18. The van der Waals surface area contributed by atoms with Crippen molar-refractivity contribution in [1.29, 1.82) is 0 Å². The zero-order valence-corrected chi connectivity index (χ0v) is 15.0. The number of ether oxygens (including phenoxy) is 1. The van der Waals surface area contributed by atoms with Crippen molar-refractivity contribution in [2.75, 3.05) is 5.32 Å². The molecular formula is C18H19Cl2NO2. The summed E-state index contributed by atoms with van der Waals surface area (Å²) in [5.74, 6) is 0.385. The Kier molecular flexibility index (Phi) is 5.55. The van der Waals surface area contributed by atoms with Crippen molar-refractivity contribution in [3.63, 3.8) is 0 Å². The molecule has 0 aliphatic carbocycles. The minimum absolute atomic E-state index is 0.236. The van der Waals surface area contributed by atoms with Crippen LogP contribution in [0.15, 0.2) is 30.3 Å². The van der Waals surface area contributed by atoms with Crippen molar-refractivity contribution < 1.29 is 9.53 Å². The van der Waals surface area contributed by atoms with Crippen LogP contribution >= 0.6 is 23.2 Å². The van der Waals surface area contributed by atoms with Crippen LogP contribution in [0.1, 0.15) is 23.6 Å². The van der Waals surface area contributed by atoms with Gasteiger partial charge >= 0.3 is 0 Å². The Labute approximate surface area is 146 Å². The number of carbonyl (C=O) groups is 1. The predicted octanol–water partition coefficient (Wildman–Crippen LogP) is 5.32. The maximum absolute atomic E-state index is 12.3. The average Bonchev–Trinajstić information content (AvgIpc) is 2.49. The molecule has 0 aliphatic heterocycles. The molecule has 0 fully saturated rings. The van der Waals surface area contributed by atoms with Gasteiger partial charge in [0.2, 0.25) is 0 Å². The van der Waals surface area contributed by atoms with Crippen LogP contribution in [0.25, 0.3) is 0 Å². The molecule has 122 valence electrons. The van der Waals surface area contributed by atoms with E-state index in [0.717, 1.165) is 16.7 Å². The highest BCUT2D eigenvalue weighted by Crippen LogP contribution is 2.27. The van der Waals surface area contributed by atoms with Gasteiger partial charge in [0.25, 0.3) is 5.91 Å². The van der Waals surface area contributed by atoms with Gasteiger partial charge in [0.05, 0.1) is 0 Å². The molecule has 0 saturated heterocycles. The van der Waals surface area contributed by atoms with Crippen LogP contribution in [0, 0.1) is 20.8 Å². The van der Waals surface area contributed by atoms with Crippen LogP contribution in [0.4, 0.5) is 5.69 Å². The molecule has 3 nitrogen and oxygen atoms in total. The number of aryl methyl sites for hydroxylation is 2. The molecule has 5 heteroatoms. The lowest BCUT2D eigenvalue weighted by Crippen LogP contribution is -2.30. The Morgan fingerprint density at radius 1 is 1.13 bits per heavy atom. The molecule has 0 saturated carbocycles. The van der Waals surface area contributed by atoms with Crippen LogP contribution in [-0.2, 0) is 4.79 Å². The van der Waals surface area contributed by atoms with Crippen LogP contribution < -0.4 is 10.1 Å². The lowest BCUT2D eigenvalue weighted by atomic mass is 10.1. The van der Waals surface area contributed by atoms with Gasteiger partial charge in [-0.3, -0.25) is 4.79 Å². The van der Waals surface area contributed by atoms with E-state index in [1.54, 1.807) is 19.1 Å². The van der Waals surface area contributed by atoms with E-state index >= 15 is 0 Å². The minimum atomic E-state index is -0.645. The van der Waals surface area contributed by atoms with Gasteiger partial charge in [0, 0.05) is 15.7 Å². The van der Waals surface area contributed by atoms with E-state index in [1.165, 1.54) is 0 Å². The summed E-state index contributed by atoms with van der Waals surface area (Å²) < 4.78 is 5.73. The quantitative estimate of drug-likeness (QED) is 0.808. The first-order chi connectivity index (χ1) is 10.8. The first kappa shape index (κ1) is 17.6. The second-order valence-corrected chi connectivity index (χ2v) is 6.32. The second kappa shape index (κ2) is 7.24. The standard InChI is InChI=1S/C18H19Cl2NO2/c1-10-8-14(9-11(2)17(10)20)23-13(4)18(22)21-16-7-5-6-15(19)12(16)3/h5-9,13H,1-4H3,(H,21,22). The highest BCUT2D eigenvalue weighted by Gasteiger charge is 2.17. The summed E-state index contributed by atoms with van der Waals surface area (Å²) in [6.45, 7) is 7.37. The molecule has 0 aromatic heterocycles. The van der Waals surface area contributed by atoms with Gasteiger partial charge in [-0.25, -0.2) is 0 Å². The van der Waals surface area contributed by atoms with E-state index in [4.69, 9.17) is 27.9 Å². The summed E-state index contributed by atoms with van der Waals surface area (Å²) in [7, 11) is 0. The lowest BCUT2D eigenvalue weighted by Gasteiger charge is -2.17. The molecule has 2 rings (SSSR count). The highest BCUT2D eigenvalue weighted by atomic mass is 35.5. The Hall–Kier alpha value is -1.71. The van der Waals surface area contributed by atoms with Gasteiger partial charge in [-0.05, 0) is 68.7 Å². The minimum Gasteiger partial charge on any atom is -0.481 e. The number of anilines is 1. The number of rotatable bonds is 4. The number of hydrogen-bond acceptors (Lipinski definition) is 2. The fourth-order valence-electron chi connectivity index (χ4n) is 2.21. The normalized spacial score (nSPS) is 11.9. The van der Waals surface area contributed by atoms with Crippen molar-refractivity contribution in [2.45, 2.75) is 33.8 Å². The first-order valence-electron chi connectivity index (χ1n) is 7.29. The van der Waals surface area contributed by atoms with E-state index in [-0.39, 0.29) is 5.91 Å². The van der Waals surface area contributed by atoms with Crippen molar-refractivity contribution >= 4 is 34.8 Å². The smallest absolute Gasteiger partial charge is 0.265 e. The van der Waals surface area contributed by atoms with Crippen molar-refractivity contribution in [2.24, 2.45) is 0 Å². The second-order valence-electron chi connectivity index (χ2n) is 5.53. The Morgan fingerprint density at radius 3 is 2.35 bits per heavy atom. The molecule has 0 bridgehead atoms. The zero-order chi connectivity index (χ0) is 17.1. The van der Waals surface area contributed by atoms with E-state index in [1.807, 2.05) is 39.0 Å². The molecule has 1 unspecified atom stereocenters. The fourth-order valence-corrected chi connectivity index (χ4v) is 2.49. The van der Waals surface area contributed by atoms with Gasteiger partial charge < -0.3 is 10.1 Å². The molecular weight excluding hydrogens is 333 g/mol. The van der Waals surface area contributed by atoms with Crippen molar-refractivity contribution in [1.82, 2.24) is 0 Å².